The van der Waals surface area contributed by atoms with E-state index in [1.54, 1.807) is 38.1 Å². The first-order chi connectivity index (χ1) is 8.95. The van der Waals surface area contributed by atoms with Crippen molar-refractivity contribution in [1.82, 2.24) is 5.32 Å². The zero-order valence-electron chi connectivity index (χ0n) is 10.9. The first-order valence-corrected chi connectivity index (χ1v) is 5.95. The Labute approximate surface area is 111 Å². The normalized spacial score (nSPS) is 11.7. The van der Waals surface area contributed by atoms with Gasteiger partial charge in [0.15, 0.2) is 0 Å². The van der Waals surface area contributed by atoms with Crippen LogP contribution in [0.4, 0.5) is 0 Å². The maximum atomic E-state index is 12.0. The number of nitrogens with zero attached hydrogens (tertiary/aromatic N) is 1. The van der Waals surface area contributed by atoms with Crippen LogP contribution in [0.1, 0.15) is 29.8 Å². The molecule has 0 saturated carbocycles. The third-order valence-electron chi connectivity index (χ3n) is 2.69. The van der Waals surface area contributed by atoms with Crippen molar-refractivity contribution >= 4 is 11.9 Å². The molecule has 0 radical (unpaired) electrons. The van der Waals surface area contributed by atoms with E-state index < -0.39 is 17.9 Å². The monoisotopic (exact) mass is 260 g/mol. The molecule has 2 N–H and O–H groups in total. The van der Waals surface area contributed by atoms with Gasteiger partial charge in [0.25, 0.3) is 5.91 Å². The summed E-state index contributed by atoms with van der Waals surface area (Å²) in [5.41, 5.74) is 1.09. The number of amides is 1. The van der Waals surface area contributed by atoms with E-state index in [0.717, 1.165) is 5.56 Å². The highest BCUT2D eigenvalue weighted by atomic mass is 16.4. The van der Waals surface area contributed by atoms with Crippen LogP contribution in [0.3, 0.4) is 0 Å². The van der Waals surface area contributed by atoms with E-state index in [2.05, 4.69) is 5.32 Å². The van der Waals surface area contributed by atoms with Crippen molar-refractivity contribution < 1.29 is 14.7 Å². The number of nitriles is 1. The average molecular weight is 260 g/mol. The van der Waals surface area contributed by atoms with Crippen LogP contribution in [-0.2, 0) is 11.2 Å². The molecule has 0 aliphatic carbocycles. The van der Waals surface area contributed by atoms with E-state index in [1.165, 1.54) is 0 Å². The van der Waals surface area contributed by atoms with Crippen molar-refractivity contribution in [2.24, 2.45) is 5.92 Å². The molecule has 0 aliphatic heterocycles. The molecule has 0 heterocycles. The number of rotatable bonds is 5. The van der Waals surface area contributed by atoms with Crippen LogP contribution in [-0.4, -0.2) is 23.0 Å². The lowest BCUT2D eigenvalue weighted by Crippen LogP contribution is -2.44. The minimum Gasteiger partial charge on any atom is -0.480 e. The van der Waals surface area contributed by atoms with Gasteiger partial charge in [0, 0.05) is 5.56 Å². The second-order valence-corrected chi connectivity index (χ2v) is 4.57. The molecule has 1 amide bonds. The summed E-state index contributed by atoms with van der Waals surface area (Å²) in [5, 5.41) is 20.1. The molecule has 5 heteroatoms. The molecule has 1 unspecified atom stereocenters. The zero-order valence-corrected chi connectivity index (χ0v) is 10.9. The molecule has 100 valence electrons. The maximum absolute atomic E-state index is 12.0. The highest BCUT2D eigenvalue weighted by Gasteiger charge is 2.23. The van der Waals surface area contributed by atoms with Gasteiger partial charge in [0.1, 0.15) is 6.04 Å². The van der Waals surface area contributed by atoms with Gasteiger partial charge in [-0.3, -0.25) is 4.79 Å². The fourth-order valence-corrected chi connectivity index (χ4v) is 1.65. The summed E-state index contributed by atoms with van der Waals surface area (Å²) < 4.78 is 0. The van der Waals surface area contributed by atoms with Crippen LogP contribution in [0.25, 0.3) is 0 Å². The molecule has 1 rings (SSSR count). The van der Waals surface area contributed by atoms with E-state index in [0.29, 0.717) is 5.56 Å². The Morgan fingerprint density at radius 1 is 1.42 bits per heavy atom. The molecule has 0 aromatic heterocycles. The van der Waals surface area contributed by atoms with E-state index in [-0.39, 0.29) is 12.3 Å². The predicted molar refractivity (Wildman–Crippen MR) is 69.5 cm³/mol. The lowest BCUT2D eigenvalue weighted by atomic mass is 10.0. The zero-order chi connectivity index (χ0) is 14.4. The second kappa shape index (κ2) is 6.55. The topological polar surface area (TPSA) is 90.2 Å². The quantitative estimate of drug-likeness (QED) is 0.841. The molecule has 19 heavy (non-hydrogen) atoms. The van der Waals surface area contributed by atoms with E-state index in [1.807, 2.05) is 6.07 Å². The largest absolute Gasteiger partial charge is 0.480 e. The molecule has 1 aromatic carbocycles. The number of aliphatic carboxylic acids is 1. The summed E-state index contributed by atoms with van der Waals surface area (Å²) in [7, 11) is 0. The highest BCUT2D eigenvalue weighted by Crippen LogP contribution is 2.08. The minimum absolute atomic E-state index is 0.205. The fourth-order valence-electron chi connectivity index (χ4n) is 1.65. The Morgan fingerprint density at radius 3 is 2.63 bits per heavy atom. The van der Waals surface area contributed by atoms with Gasteiger partial charge in [0.05, 0.1) is 12.5 Å². The van der Waals surface area contributed by atoms with Gasteiger partial charge in [0.2, 0.25) is 0 Å². The standard InChI is InChI=1S/C14H16N2O3/c1-9(2)12(14(18)19)16-13(17)11-5-3-4-10(8-11)6-7-15/h3-5,8-9,12H,6H2,1-2H3,(H,16,17)(H,18,19). The Balaban J connectivity index is 2.86. The third kappa shape index (κ3) is 4.11. The summed E-state index contributed by atoms with van der Waals surface area (Å²) in [6, 6.07) is 7.69. The molecule has 0 aliphatic rings. The van der Waals surface area contributed by atoms with Gasteiger partial charge < -0.3 is 10.4 Å². The third-order valence-corrected chi connectivity index (χ3v) is 2.69. The van der Waals surface area contributed by atoms with Gasteiger partial charge in [-0.25, -0.2) is 4.79 Å². The first-order valence-electron chi connectivity index (χ1n) is 5.95. The van der Waals surface area contributed by atoms with Crippen LogP contribution in [0.15, 0.2) is 24.3 Å². The first kappa shape index (κ1) is 14.7. The number of carbonyl (C=O) groups excluding carboxylic acids is 1. The number of carboxylic acids is 1. The minimum atomic E-state index is -1.06. The summed E-state index contributed by atoms with van der Waals surface area (Å²) >= 11 is 0. The van der Waals surface area contributed by atoms with Crippen LogP contribution in [0.5, 0.6) is 0 Å². The summed E-state index contributed by atoms with van der Waals surface area (Å²) in [6.45, 7) is 3.45. The number of carboxylic acid groups (broad SMARTS) is 1. The number of carbonyl (C=O) groups is 2. The molecule has 0 bridgehead atoms. The molecule has 0 spiro atoms. The van der Waals surface area contributed by atoms with Crippen molar-refractivity contribution in [3.8, 4) is 6.07 Å². The van der Waals surface area contributed by atoms with Gasteiger partial charge in [-0.05, 0) is 23.6 Å². The van der Waals surface area contributed by atoms with Gasteiger partial charge in [-0.15, -0.1) is 0 Å². The van der Waals surface area contributed by atoms with Gasteiger partial charge >= 0.3 is 5.97 Å². The number of hydrogen-bond acceptors (Lipinski definition) is 3. The van der Waals surface area contributed by atoms with Crippen molar-refractivity contribution in [3.05, 3.63) is 35.4 Å². The predicted octanol–water partition coefficient (Wildman–Crippen LogP) is 1.59. The summed E-state index contributed by atoms with van der Waals surface area (Å²) in [4.78, 5) is 23.0. The van der Waals surface area contributed by atoms with Crippen molar-refractivity contribution in [2.75, 3.05) is 0 Å². The van der Waals surface area contributed by atoms with Crippen LogP contribution >= 0.6 is 0 Å². The number of hydrogen-bond donors (Lipinski definition) is 2. The van der Waals surface area contributed by atoms with Crippen molar-refractivity contribution in [1.29, 1.82) is 5.26 Å². The molecule has 5 nitrogen and oxygen atoms in total. The average Bonchev–Trinajstić information content (AvgIpc) is 2.35. The molecule has 1 aromatic rings. The Kier molecular flexibility index (Phi) is 5.07. The molecule has 1 atom stereocenters. The van der Waals surface area contributed by atoms with E-state index in [9.17, 15) is 9.59 Å². The van der Waals surface area contributed by atoms with E-state index >= 15 is 0 Å². The SMILES string of the molecule is CC(C)C(NC(=O)c1cccc(CC#N)c1)C(=O)O. The molecular formula is C14H16N2O3. The van der Waals surface area contributed by atoms with E-state index in [4.69, 9.17) is 10.4 Å². The van der Waals surface area contributed by atoms with Crippen LogP contribution in [0.2, 0.25) is 0 Å². The Morgan fingerprint density at radius 2 is 2.11 bits per heavy atom. The molecule has 0 saturated heterocycles. The van der Waals surface area contributed by atoms with Gasteiger partial charge in [-0.1, -0.05) is 26.0 Å². The lowest BCUT2D eigenvalue weighted by molar-refractivity contribution is -0.140. The van der Waals surface area contributed by atoms with Gasteiger partial charge in [-0.2, -0.15) is 5.26 Å². The maximum Gasteiger partial charge on any atom is 0.326 e. The smallest absolute Gasteiger partial charge is 0.326 e. The Bertz CT molecular complexity index is 518. The summed E-state index contributed by atoms with van der Waals surface area (Å²) in [5.74, 6) is -1.71. The molecule has 0 fully saturated rings. The van der Waals surface area contributed by atoms with Crippen LogP contribution < -0.4 is 5.32 Å². The fraction of sp³-hybridized carbons (Fsp3) is 0.357. The molecular weight excluding hydrogens is 244 g/mol. The second-order valence-electron chi connectivity index (χ2n) is 4.57. The number of benzene rings is 1. The number of nitrogens with one attached hydrogen (secondary N) is 1. The van der Waals surface area contributed by atoms with Crippen LogP contribution in [0, 0.1) is 17.2 Å². The lowest BCUT2D eigenvalue weighted by Gasteiger charge is -2.18. The van der Waals surface area contributed by atoms with Crippen molar-refractivity contribution in [2.45, 2.75) is 26.3 Å². The highest BCUT2D eigenvalue weighted by molar-refractivity contribution is 5.96. The Hall–Kier alpha value is -2.35. The summed E-state index contributed by atoms with van der Waals surface area (Å²) in [6.07, 6.45) is 0.216. The van der Waals surface area contributed by atoms with Crippen molar-refractivity contribution in [3.63, 3.8) is 0 Å².